The van der Waals surface area contributed by atoms with E-state index in [1.54, 1.807) is 18.2 Å². The third kappa shape index (κ3) is 3.87. The number of hydrogen-bond acceptors (Lipinski definition) is 4. The van der Waals surface area contributed by atoms with Crippen molar-refractivity contribution in [1.29, 1.82) is 0 Å². The summed E-state index contributed by atoms with van der Waals surface area (Å²) in [5, 5.41) is 3.15. The molecule has 0 heterocycles. The van der Waals surface area contributed by atoms with Gasteiger partial charge >= 0.3 is 0 Å². The Morgan fingerprint density at radius 3 is 2.29 bits per heavy atom. The number of carbonyl (C=O) groups excluding carboxylic acids is 1. The first-order valence-corrected chi connectivity index (χ1v) is 8.75. The smallest absolute Gasteiger partial charge is 0.255 e. The molecule has 128 valence electrons. The summed E-state index contributed by atoms with van der Waals surface area (Å²) in [6, 6.07) is 10.5. The number of nitrogens with one attached hydrogen (secondary N) is 1. The van der Waals surface area contributed by atoms with Gasteiger partial charge in [-0.15, -0.1) is 0 Å². The molecule has 2 aromatic carbocycles. The van der Waals surface area contributed by atoms with Crippen molar-refractivity contribution in [3.63, 3.8) is 0 Å². The van der Waals surface area contributed by atoms with Crippen LogP contribution >= 0.6 is 11.6 Å². The van der Waals surface area contributed by atoms with Crippen LogP contribution in [0.4, 0.5) is 5.69 Å². The fourth-order valence-corrected chi connectivity index (χ4v) is 3.04. The number of halogens is 1. The molecule has 1 amide bonds. The predicted molar refractivity (Wildman–Crippen MR) is 93.3 cm³/mol. The molecule has 0 spiro atoms. The number of sulfonamides is 1. The van der Waals surface area contributed by atoms with Crippen LogP contribution in [-0.4, -0.2) is 39.8 Å². The molecule has 0 atom stereocenters. The number of ether oxygens (including phenoxy) is 1. The summed E-state index contributed by atoms with van der Waals surface area (Å²) < 4.78 is 30.3. The summed E-state index contributed by atoms with van der Waals surface area (Å²) in [5.74, 6) is 0.0731. The summed E-state index contributed by atoms with van der Waals surface area (Å²) in [7, 11) is 0.847. The lowest BCUT2D eigenvalue weighted by molar-refractivity contribution is 0.102. The first-order chi connectivity index (χ1) is 11.3. The van der Waals surface area contributed by atoms with E-state index >= 15 is 0 Å². The van der Waals surface area contributed by atoms with Crippen molar-refractivity contribution in [3.8, 4) is 5.75 Å². The van der Waals surface area contributed by atoms with Gasteiger partial charge in [-0.2, -0.15) is 0 Å². The second-order valence-electron chi connectivity index (χ2n) is 5.11. The number of amides is 1. The van der Waals surface area contributed by atoms with Gasteiger partial charge in [0.25, 0.3) is 5.91 Å². The molecule has 0 radical (unpaired) electrons. The number of anilines is 1. The first kappa shape index (κ1) is 18.3. The fourth-order valence-electron chi connectivity index (χ4n) is 1.96. The van der Waals surface area contributed by atoms with Gasteiger partial charge in [0.2, 0.25) is 10.0 Å². The van der Waals surface area contributed by atoms with Crippen molar-refractivity contribution in [2.45, 2.75) is 4.90 Å². The molecule has 2 aromatic rings. The van der Waals surface area contributed by atoms with E-state index < -0.39 is 15.9 Å². The second kappa shape index (κ2) is 7.21. The third-order valence-electron chi connectivity index (χ3n) is 3.30. The molecule has 0 fully saturated rings. The Morgan fingerprint density at radius 2 is 1.75 bits per heavy atom. The van der Waals surface area contributed by atoms with Crippen LogP contribution in [0.5, 0.6) is 5.75 Å². The van der Waals surface area contributed by atoms with E-state index in [1.165, 1.54) is 45.5 Å². The number of rotatable bonds is 5. The van der Waals surface area contributed by atoms with Gasteiger partial charge in [0, 0.05) is 24.7 Å². The molecule has 2 rings (SSSR count). The molecule has 0 aliphatic rings. The minimum atomic E-state index is -3.53. The Kier molecular flexibility index (Phi) is 5.48. The molecule has 0 saturated carbocycles. The maximum atomic E-state index is 12.3. The maximum absolute atomic E-state index is 12.3. The van der Waals surface area contributed by atoms with Gasteiger partial charge in [-0.1, -0.05) is 11.6 Å². The summed E-state index contributed by atoms with van der Waals surface area (Å²) in [5.41, 5.74) is 0.745. The molecule has 0 aromatic heterocycles. The highest BCUT2D eigenvalue weighted by Crippen LogP contribution is 2.28. The quantitative estimate of drug-likeness (QED) is 0.880. The molecule has 6 nitrogen and oxygen atoms in total. The van der Waals surface area contributed by atoms with Gasteiger partial charge in [0.1, 0.15) is 5.75 Å². The number of methoxy groups -OCH3 is 1. The van der Waals surface area contributed by atoms with E-state index in [9.17, 15) is 13.2 Å². The number of hydrogen-bond donors (Lipinski definition) is 1. The van der Waals surface area contributed by atoms with Gasteiger partial charge in [-0.25, -0.2) is 12.7 Å². The van der Waals surface area contributed by atoms with Crippen LogP contribution in [0, 0.1) is 0 Å². The fraction of sp³-hybridized carbons (Fsp3) is 0.188. The van der Waals surface area contributed by atoms with E-state index in [1.807, 2.05) is 0 Å². The van der Waals surface area contributed by atoms with Gasteiger partial charge < -0.3 is 10.1 Å². The van der Waals surface area contributed by atoms with E-state index in [-0.39, 0.29) is 4.90 Å². The largest absolute Gasteiger partial charge is 0.495 e. The minimum Gasteiger partial charge on any atom is -0.495 e. The maximum Gasteiger partial charge on any atom is 0.255 e. The van der Waals surface area contributed by atoms with Crippen molar-refractivity contribution in [2.24, 2.45) is 0 Å². The third-order valence-corrected chi connectivity index (χ3v) is 5.37. The van der Waals surface area contributed by atoms with Crippen LogP contribution in [0.2, 0.25) is 5.02 Å². The topological polar surface area (TPSA) is 75.7 Å². The zero-order valence-electron chi connectivity index (χ0n) is 13.4. The van der Waals surface area contributed by atoms with Crippen molar-refractivity contribution >= 4 is 33.2 Å². The second-order valence-corrected chi connectivity index (χ2v) is 7.70. The average molecular weight is 369 g/mol. The number of carbonyl (C=O) groups is 1. The van der Waals surface area contributed by atoms with Gasteiger partial charge in [-0.05, 0) is 42.5 Å². The van der Waals surface area contributed by atoms with E-state index in [0.29, 0.717) is 22.0 Å². The molecule has 0 bridgehead atoms. The van der Waals surface area contributed by atoms with Crippen LogP contribution in [0.25, 0.3) is 0 Å². The summed E-state index contributed by atoms with van der Waals surface area (Å²) in [6.45, 7) is 0. The summed E-state index contributed by atoms with van der Waals surface area (Å²) in [4.78, 5) is 12.4. The molecule has 24 heavy (non-hydrogen) atoms. The van der Waals surface area contributed by atoms with Crippen LogP contribution in [0.3, 0.4) is 0 Å². The Hall–Kier alpha value is -2.09. The highest BCUT2D eigenvalue weighted by Gasteiger charge is 2.18. The Morgan fingerprint density at radius 1 is 1.12 bits per heavy atom. The average Bonchev–Trinajstić information content (AvgIpc) is 2.55. The molecule has 0 saturated heterocycles. The van der Waals surface area contributed by atoms with Crippen molar-refractivity contribution in [2.75, 3.05) is 26.5 Å². The molecule has 1 N–H and O–H groups in total. The van der Waals surface area contributed by atoms with Crippen molar-refractivity contribution < 1.29 is 17.9 Å². The van der Waals surface area contributed by atoms with Crippen LogP contribution in [0.15, 0.2) is 47.4 Å². The first-order valence-electron chi connectivity index (χ1n) is 6.93. The molecule has 0 aliphatic heterocycles. The highest BCUT2D eigenvalue weighted by atomic mass is 35.5. The normalized spacial score (nSPS) is 11.4. The van der Waals surface area contributed by atoms with E-state index in [4.69, 9.17) is 16.3 Å². The minimum absolute atomic E-state index is 0.115. The Labute approximate surface area is 146 Å². The lowest BCUT2D eigenvalue weighted by Gasteiger charge is -2.12. The van der Waals surface area contributed by atoms with Crippen LogP contribution < -0.4 is 10.1 Å². The summed E-state index contributed by atoms with van der Waals surface area (Å²) in [6.07, 6.45) is 0. The van der Waals surface area contributed by atoms with Gasteiger partial charge in [-0.3, -0.25) is 4.79 Å². The summed E-state index contributed by atoms with van der Waals surface area (Å²) >= 11 is 5.93. The Bertz CT molecular complexity index is 849. The lowest BCUT2D eigenvalue weighted by Crippen LogP contribution is -2.22. The van der Waals surface area contributed by atoms with Crippen molar-refractivity contribution in [1.82, 2.24) is 4.31 Å². The standard InChI is InChI=1S/C16H17ClN2O4S/c1-19(2)24(21,22)13-7-4-11(5-8-13)16(20)18-14-10-12(17)6-9-15(14)23-3/h4-10H,1-3H3,(H,18,20). The van der Waals surface area contributed by atoms with Crippen LogP contribution in [-0.2, 0) is 10.0 Å². The lowest BCUT2D eigenvalue weighted by atomic mass is 10.2. The van der Waals surface area contributed by atoms with Gasteiger partial charge in [0.05, 0.1) is 17.7 Å². The molecular weight excluding hydrogens is 352 g/mol. The number of benzene rings is 2. The zero-order valence-corrected chi connectivity index (χ0v) is 15.0. The highest BCUT2D eigenvalue weighted by molar-refractivity contribution is 7.89. The number of nitrogens with zero attached hydrogens (tertiary/aromatic N) is 1. The Balaban J connectivity index is 2.24. The van der Waals surface area contributed by atoms with E-state index in [2.05, 4.69) is 5.32 Å². The van der Waals surface area contributed by atoms with Crippen molar-refractivity contribution in [3.05, 3.63) is 53.1 Å². The monoisotopic (exact) mass is 368 g/mol. The molecule has 8 heteroatoms. The predicted octanol–water partition coefficient (Wildman–Crippen LogP) is 2.85. The molecule has 0 aliphatic carbocycles. The zero-order chi connectivity index (χ0) is 17.9. The molecular formula is C16H17ClN2O4S. The SMILES string of the molecule is COc1ccc(Cl)cc1NC(=O)c1ccc(S(=O)(=O)N(C)C)cc1. The van der Waals surface area contributed by atoms with Gasteiger partial charge in [0.15, 0.2) is 0 Å². The van der Waals surface area contributed by atoms with Crippen LogP contribution in [0.1, 0.15) is 10.4 Å². The van der Waals surface area contributed by atoms with E-state index in [0.717, 1.165) is 4.31 Å². The molecule has 0 unspecified atom stereocenters.